The standard InChI is InChI=1S/C27H40O4/c1-18(2)15-24(29)25(30)20(4)11-7-9-19(3)10-8-13-27(6)14-12-22-17-23(28)16-21(5)26(22)31-27/h10-11,15-17,24-25,28-30H,7-9,12-14H2,1-6H3/b19-10?,20-11+/t24-,25+,27-/m1/s1. The molecular weight excluding hydrogens is 388 g/mol. The van der Waals surface area contributed by atoms with Crippen LogP contribution in [0.3, 0.4) is 0 Å². The highest BCUT2D eigenvalue weighted by Gasteiger charge is 2.32. The lowest BCUT2D eigenvalue weighted by molar-refractivity contribution is 0.0561. The molecule has 0 radical (unpaired) electrons. The number of phenols is 1. The minimum atomic E-state index is -0.855. The van der Waals surface area contributed by atoms with E-state index in [1.165, 1.54) is 5.57 Å². The van der Waals surface area contributed by atoms with Gasteiger partial charge in [-0.25, -0.2) is 0 Å². The number of aromatic hydroxyl groups is 1. The molecule has 3 N–H and O–H groups in total. The van der Waals surface area contributed by atoms with Gasteiger partial charge < -0.3 is 20.1 Å². The van der Waals surface area contributed by atoms with Gasteiger partial charge in [-0.15, -0.1) is 0 Å². The van der Waals surface area contributed by atoms with Crippen molar-refractivity contribution >= 4 is 0 Å². The molecular formula is C27H40O4. The molecule has 0 unspecified atom stereocenters. The van der Waals surface area contributed by atoms with E-state index in [4.69, 9.17) is 4.74 Å². The number of aliphatic hydroxyl groups is 2. The van der Waals surface area contributed by atoms with Gasteiger partial charge in [-0.3, -0.25) is 0 Å². The zero-order chi connectivity index (χ0) is 23.2. The molecule has 0 amide bonds. The summed E-state index contributed by atoms with van der Waals surface area (Å²) in [6.07, 6.45) is 9.84. The number of allylic oxidation sites excluding steroid dienone is 4. The Morgan fingerprint density at radius 3 is 2.52 bits per heavy atom. The van der Waals surface area contributed by atoms with Gasteiger partial charge in [0.1, 0.15) is 29.3 Å². The molecule has 0 aromatic heterocycles. The lowest BCUT2D eigenvalue weighted by Crippen LogP contribution is -2.36. The second-order valence-corrected chi connectivity index (χ2v) is 9.56. The van der Waals surface area contributed by atoms with Crippen molar-refractivity contribution in [1.82, 2.24) is 0 Å². The Morgan fingerprint density at radius 1 is 1.13 bits per heavy atom. The highest BCUT2D eigenvalue weighted by atomic mass is 16.5. The Kier molecular flexibility index (Phi) is 8.96. The van der Waals surface area contributed by atoms with E-state index >= 15 is 0 Å². The maximum Gasteiger partial charge on any atom is 0.126 e. The topological polar surface area (TPSA) is 69.9 Å². The largest absolute Gasteiger partial charge is 0.508 e. The third-order valence-corrected chi connectivity index (χ3v) is 6.07. The van der Waals surface area contributed by atoms with Crippen LogP contribution in [0.1, 0.15) is 77.8 Å². The fourth-order valence-corrected chi connectivity index (χ4v) is 4.11. The van der Waals surface area contributed by atoms with Crippen LogP contribution in [-0.4, -0.2) is 33.1 Å². The summed E-state index contributed by atoms with van der Waals surface area (Å²) >= 11 is 0. The fourth-order valence-electron chi connectivity index (χ4n) is 4.11. The van der Waals surface area contributed by atoms with E-state index < -0.39 is 12.2 Å². The number of ether oxygens (including phenoxy) is 1. The van der Waals surface area contributed by atoms with Crippen molar-refractivity contribution in [3.63, 3.8) is 0 Å². The molecule has 31 heavy (non-hydrogen) atoms. The van der Waals surface area contributed by atoms with E-state index in [9.17, 15) is 15.3 Å². The molecule has 0 aliphatic carbocycles. The lowest BCUT2D eigenvalue weighted by Gasteiger charge is -2.36. The van der Waals surface area contributed by atoms with Crippen LogP contribution in [0.4, 0.5) is 0 Å². The first kappa shape index (κ1) is 25.2. The summed E-state index contributed by atoms with van der Waals surface area (Å²) in [5.41, 5.74) is 5.02. The molecule has 2 rings (SSSR count). The van der Waals surface area contributed by atoms with Crippen LogP contribution in [0.2, 0.25) is 0 Å². The summed E-state index contributed by atoms with van der Waals surface area (Å²) < 4.78 is 6.37. The third kappa shape index (κ3) is 7.55. The van der Waals surface area contributed by atoms with Gasteiger partial charge in [0.2, 0.25) is 0 Å². The van der Waals surface area contributed by atoms with Crippen molar-refractivity contribution in [3.05, 3.63) is 58.2 Å². The molecule has 0 saturated heterocycles. The van der Waals surface area contributed by atoms with Crippen molar-refractivity contribution in [2.24, 2.45) is 0 Å². The van der Waals surface area contributed by atoms with Gasteiger partial charge in [-0.2, -0.15) is 0 Å². The molecule has 0 bridgehead atoms. The Morgan fingerprint density at radius 2 is 1.84 bits per heavy atom. The first-order valence-corrected chi connectivity index (χ1v) is 11.4. The van der Waals surface area contributed by atoms with Gasteiger partial charge in [0.15, 0.2) is 0 Å². The zero-order valence-corrected chi connectivity index (χ0v) is 20.0. The van der Waals surface area contributed by atoms with E-state index in [1.54, 1.807) is 12.1 Å². The number of fused-ring (bicyclic) bond motifs is 1. The third-order valence-electron chi connectivity index (χ3n) is 6.07. The van der Waals surface area contributed by atoms with Crippen LogP contribution in [0.5, 0.6) is 11.5 Å². The van der Waals surface area contributed by atoms with Crippen LogP contribution in [-0.2, 0) is 6.42 Å². The van der Waals surface area contributed by atoms with E-state index in [1.807, 2.05) is 39.8 Å². The molecule has 4 heteroatoms. The first-order valence-electron chi connectivity index (χ1n) is 11.4. The van der Waals surface area contributed by atoms with Crippen molar-refractivity contribution in [2.45, 2.75) is 97.9 Å². The molecule has 1 aliphatic rings. The van der Waals surface area contributed by atoms with Gasteiger partial charge in [0.05, 0.1) is 0 Å². The summed E-state index contributed by atoms with van der Waals surface area (Å²) in [5.74, 6) is 1.24. The van der Waals surface area contributed by atoms with Crippen molar-refractivity contribution in [2.75, 3.05) is 0 Å². The molecule has 172 valence electrons. The second-order valence-electron chi connectivity index (χ2n) is 9.56. The van der Waals surface area contributed by atoms with Gasteiger partial charge in [0, 0.05) is 0 Å². The SMILES string of the molecule is CC(C)=C[C@@H](O)[C@@H](O)/C(C)=C/CCC(C)=CCC[C@]1(C)CCc2cc(O)cc(C)c2O1. The maximum atomic E-state index is 10.2. The van der Waals surface area contributed by atoms with Crippen molar-refractivity contribution in [3.8, 4) is 11.5 Å². The normalized spacial score (nSPS) is 21.2. The molecule has 4 nitrogen and oxygen atoms in total. The number of aryl methyl sites for hydroxylation is 2. The number of rotatable bonds is 9. The van der Waals surface area contributed by atoms with Crippen LogP contribution in [0.15, 0.2) is 47.1 Å². The van der Waals surface area contributed by atoms with Crippen LogP contribution in [0.25, 0.3) is 0 Å². The van der Waals surface area contributed by atoms with E-state index in [0.29, 0.717) is 5.75 Å². The van der Waals surface area contributed by atoms with E-state index in [-0.39, 0.29) is 5.60 Å². The van der Waals surface area contributed by atoms with Gasteiger partial charge >= 0.3 is 0 Å². The predicted octanol–water partition coefficient (Wildman–Crippen LogP) is 5.93. The Balaban J connectivity index is 1.84. The highest BCUT2D eigenvalue weighted by molar-refractivity contribution is 5.47. The Hall–Kier alpha value is -2.04. The molecule has 0 spiro atoms. The molecule has 1 aliphatic heterocycles. The average Bonchev–Trinajstić information content (AvgIpc) is 2.67. The summed E-state index contributed by atoms with van der Waals surface area (Å²) in [6.45, 7) is 12.0. The van der Waals surface area contributed by atoms with E-state index in [0.717, 1.165) is 66.5 Å². The minimum Gasteiger partial charge on any atom is -0.508 e. The number of benzene rings is 1. The highest BCUT2D eigenvalue weighted by Crippen LogP contribution is 2.39. The first-order chi connectivity index (χ1) is 14.5. The van der Waals surface area contributed by atoms with Crippen molar-refractivity contribution in [1.29, 1.82) is 0 Å². The summed E-state index contributed by atoms with van der Waals surface area (Å²) in [7, 11) is 0. The number of aliphatic hydroxyl groups excluding tert-OH is 2. The average molecular weight is 429 g/mol. The second kappa shape index (κ2) is 11.0. The van der Waals surface area contributed by atoms with E-state index in [2.05, 4.69) is 19.9 Å². The van der Waals surface area contributed by atoms with Gasteiger partial charge in [0.25, 0.3) is 0 Å². The molecule has 1 aromatic carbocycles. The smallest absolute Gasteiger partial charge is 0.126 e. The zero-order valence-electron chi connectivity index (χ0n) is 20.0. The van der Waals surface area contributed by atoms with Crippen LogP contribution >= 0.6 is 0 Å². The molecule has 0 saturated carbocycles. The quantitative estimate of drug-likeness (QED) is 0.427. The summed E-state index contributed by atoms with van der Waals surface area (Å²) in [5, 5.41) is 30.0. The maximum absolute atomic E-state index is 10.2. The Labute approximate surface area is 188 Å². The monoisotopic (exact) mass is 428 g/mol. The molecule has 1 aromatic rings. The van der Waals surface area contributed by atoms with Crippen LogP contribution in [0, 0.1) is 6.92 Å². The van der Waals surface area contributed by atoms with Gasteiger partial charge in [-0.05, 0) is 109 Å². The lowest BCUT2D eigenvalue weighted by atomic mass is 9.87. The molecule has 1 heterocycles. The molecule has 0 fully saturated rings. The number of phenolic OH excluding ortho intramolecular Hbond substituents is 1. The predicted molar refractivity (Wildman–Crippen MR) is 128 cm³/mol. The van der Waals surface area contributed by atoms with Crippen LogP contribution < -0.4 is 4.74 Å². The molecule has 3 atom stereocenters. The summed E-state index contributed by atoms with van der Waals surface area (Å²) in [6, 6.07) is 3.58. The fraction of sp³-hybridized carbons (Fsp3) is 0.556. The number of hydrogen-bond donors (Lipinski definition) is 3. The Bertz CT molecular complexity index is 845. The van der Waals surface area contributed by atoms with Crippen molar-refractivity contribution < 1.29 is 20.1 Å². The van der Waals surface area contributed by atoms with Gasteiger partial charge in [-0.1, -0.05) is 29.4 Å². The minimum absolute atomic E-state index is 0.187. The summed E-state index contributed by atoms with van der Waals surface area (Å²) in [4.78, 5) is 0. The number of hydrogen-bond acceptors (Lipinski definition) is 4.